The van der Waals surface area contributed by atoms with Crippen LogP contribution in [0.15, 0.2) is 60.7 Å². The van der Waals surface area contributed by atoms with Gasteiger partial charge in [0.05, 0.1) is 11.1 Å². The van der Waals surface area contributed by atoms with Gasteiger partial charge >= 0.3 is 71.1 Å². The van der Waals surface area contributed by atoms with E-state index in [9.17, 15) is 20.1 Å². The molecule has 0 bridgehead atoms. The van der Waals surface area contributed by atoms with Crippen LogP contribution < -0.4 is 69.6 Å². The van der Waals surface area contributed by atoms with E-state index in [2.05, 4.69) is 9.78 Å². The van der Waals surface area contributed by atoms with Crippen LogP contribution in [-0.2, 0) is 9.78 Å². The van der Waals surface area contributed by atoms with Gasteiger partial charge in [0.1, 0.15) is 0 Å². The van der Waals surface area contributed by atoms with Gasteiger partial charge in [0.15, 0.2) is 0 Å². The Hall–Kier alpha value is -0.700. The van der Waals surface area contributed by atoms with Crippen LogP contribution >= 0.6 is 0 Å². The molecule has 0 aliphatic heterocycles. The largest absolute Gasteiger partial charge is 1.00 e. The summed E-state index contributed by atoms with van der Waals surface area (Å²) in [5.41, 5.74) is 0.551. The molecule has 0 unspecified atom stereocenters. The Bertz CT molecular complexity index is 496. The molecule has 6 nitrogen and oxygen atoms in total. The Balaban J connectivity index is 0. The topological polar surface area (TPSA) is 98.7 Å². The molecular formula is C14H10Na2O6. The number of hydrogen-bond donors (Lipinski definition) is 0. The van der Waals surface area contributed by atoms with Crippen molar-refractivity contribution in [2.45, 2.75) is 0 Å². The van der Waals surface area contributed by atoms with Gasteiger partial charge in [0, 0.05) is 0 Å². The molecule has 0 radical (unpaired) electrons. The maximum absolute atomic E-state index is 10.5. The zero-order valence-corrected chi connectivity index (χ0v) is 16.2. The third-order valence-electron chi connectivity index (χ3n) is 2.17. The van der Waals surface area contributed by atoms with Crippen LogP contribution in [0.25, 0.3) is 0 Å². The molecule has 104 valence electrons. The molecule has 0 fully saturated rings. The van der Waals surface area contributed by atoms with Crippen LogP contribution in [0.2, 0.25) is 0 Å². The first kappa shape index (κ1) is 23.6. The fourth-order valence-electron chi connectivity index (χ4n) is 1.24. The number of benzene rings is 2. The fourth-order valence-corrected chi connectivity index (χ4v) is 1.24. The molecular weight excluding hydrogens is 310 g/mol. The quantitative estimate of drug-likeness (QED) is 0.311. The van der Waals surface area contributed by atoms with Gasteiger partial charge in [-0.2, -0.15) is 0 Å². The molecule has 0 spiro atoms. The minimum absolute atomic E-state index is 0. The predicted molar refractivity (Wildman–Crippen MR) is 63.7 cm³/mol. The molecule has 0 saturated carbocycles. The van der Waals surface area contributed by atoms with E-state index in [-0.39, 0.29) is 70.2 Å². The predicted octanol–water partition coefficient (Wildman–Crippen LogP) is -5.75. The van der Waals surface area contributed by atoms with Crippen molar-refractivity contribution in [2.75, 3.05) is 0 Å². The van der Waals surface area contributed by atoms with Crippen LogP contribution in [0.3, 0.4) is 0 Å². The maximum atomic E-state index is 10.5. The molecule has 0 amide bonds. The Morgan fingerprint density at radius 3 is 1.14 bits per heavy atom. The zero-order valence-electron chi connectivity index (χ0n) is 12.2. The third-order valence-corrected chi connectivity index (χ3v) is 2.17. The van der Waals surface area contributed by atoms with Gasteiger partial charge in [0.25, 0.3) is 0 Å². The van der Waals surface area contributed by atoms with E-state index in [1.54, 1.807) is 36.4 Å². The summed E-state index contributed by atoms with van der Waals surface area (Å²) in [5.74, 6) is -1.69. The first-order valence-corrected chi connectivity index (χ1v) is 5.47. The van der Waals surface area contributed by atoms with Crippen molar-refractivity contribution >= 4 is 11.9 Å². The average molecular weight is 320 g/mol. The number of hydrogen-bond acceptors (Lipinski definition) is 6. The van der Waals surface area contributed by atoms with E-state index in [1.165, 1.54) is 24.3 Å². The minimum Gasteiger partial charge on any atom is -0.661 e. The van der Waals surface area contributed by atoms with Crippen molar-refractivity contribution < 1.29 is 89.0 Å². The van der Waals surface area contributed by atoms with Gasteiger partial charge in [-0.25, -0.2) is 9.59 Å². The van der Waals surface area contributed by atoms with Gasteiger partial charge < -0.3 is 20.3 Å². The number of rotatable bonds is 2. The van der Waals surface area contributed by atoms with Crippen molar-refractivity contribution in [3.63, 3.8) is 0 Å². The summed E-state index contributed by atoms with van der Waals surface area (Å²) in [6.45, 7) is 0. The van der Waals surface area contributed by atoms with Crippen molar-refractivity contribution in [3.05, 3.63) is 71.8 Å². The Morgan fingerprint density at radius 1 is 0.636 bits per heavy atom. The van der Waals surface area contributed by atoms with Crippen molar-refractivity contribution in [1.29, 1.82) is 0 Å². The summed E-state index contributed by atoms with van der Waals surface area (Å²) in [7, 11) is 0. The van der Waals surface area contributed by atoms with E-state index >= 15 is 0 Å². The van der Waals surface area contributed by atoms with Gasteiger partial charge in [-0.1, -0.05) is 36.4 Å². The van der Waals surface area contributed by atoms with Gasteiger partial charge in [-0.3, -0.25) is 0 Å². The second kappa shape index (κ2) is 13.9. The molecule has 8 heteroatoms. The Labute approximate surface area is 171 Å². The average Bonchev–Trinajstić information content (AvgIpc) is 2.55. The zero-order chi connectivity index (χ0) is 14.8. The molecule has 22 heavy (non-hydrogen) atoms. The third kappa shape index (κ3) is 8.67. The van der Waals surface area contributed by atoms with E-state index in [1.807, 2.05) is 0 Å². The van der Waals surface area contributed by atoms with Crippen molar-refractivity contribution in [1.82, 2.24) is 0 Å². The Kier molecular flexibility index (Phi) is 14.9. The second-order valence-corrected chi connectivity index (χ2v) is 3.47. The molecule has 0 N–H and O–H groups in total. The first-order valence-electron chi connectivity index (χ1n) is 5.47. The van der Waals surface area contributed by atoms with Gasteiger partial charge in [0.2, 0.25) is 0 Å². The smallest absolute Gasteiger partial charge is 0.661 e. The second-order valence-electron chi connectivity index (χ2n) is 3.47. The molecule has 0 aliphatic rings. The summed E-state index contributed by atoms with van der Waals surface area (Å²) in [6, 6.07) is 16.2. The van der Waals surface area contributed by atoms with Crippen LogP contribution in [0.4, 0.5) is 0 Å². The summed E-state index contributed by atoms with van der Waals surface area (Å²) >= 11 is 0. The van der Waals surface area contributed by atoms with Crippen LogP contribution in [-0.4, -0.2) is 11.9 Å². The van der Waals surface area contributed by atoms with E-state index in [0.717, 1.165) is 0 Å². The molecule has 2 aromatic carbocycles. The first-order chi connectivity index (χ1) is 9.69. The molecule has 0 saturated heterocycles. The minimum atomic E-state index is -0.847. The van der Waals surface area contributed by atoms with Gasteiger partial charge in [-0.15, -0.1) is 0 Å². The van der Waals surface area contributed by atoms with Crippen LogP contribution in [0.1, 0.15) is 20.7 Å². The molecule has 0 aliphatic carbocycles. The molecule has 0 atom stereocenters. The number of carbonyl (C=O) groups is 2. The number of carbonyl (C=O) groups excluding carboxylic acids is 2. The van der Waals surface area contributed by atoms with Crippen molar-refractivity contribution in [3.8, 4) is 0 Å². The van der Waals surface area contributed by atoms with E-state index in [4.69, 9.17) is 0 Å². The standard InChI is InChI=1S/2C7H6O3.2Na/c2*8-7(10-9)6-4-2-1-3-5-6;;/h2*1-5,9H;;/q;;2*+1/p-2. The normalized spacial score (nSPS) is 8.09. The summed E-state index contributed by atoms with van der Waals surface area (Å²) in [5, 5.41) is 19.2. The van der Waals surface area contributed by atoms with E-state index in [0.29, 0.717) is 0 Å². The van der Waals surface area contributed by atoms with Crippen LogP contribution in [0, 0.1) is 0 Å². The van der Waals surface area contributed by atoms with Gasteiger partial charge in [-0.05, 0) is 24.3 Å². The molecule has 0 heterocycles. The van der Waals surface area contributed by atoms with Crippen molar-refractivity contribution in [2.24, 2.45) is 0 Å². The molecule has 2 rings (SSSR count). The summed E-state index contributed by atoms with van der Waals surface area (Å²) in [4.78, 5) is 27.5. The van der Waals surface area contributed by atoms with Crippen LogP contribution in [0.5, 0.6) is 0 Å². The fraction of sp³-hybridized carbons (Fsp3) is 0. The maximum Gasteiger partial charge on any atom is 1.00 e. The summed E-state index contributed by atoms with van der Waals surface area (Å²) < 4.78 is 0. The SMILES string of the molecule is O=C(O[O-])c1ccccc1.O=C(O[O-])c1ccccc1.[Na+].[Na+]. The van der Waals surface area contributed by atoms with E-state index < -0.39 is 11.9 Å². The molecule has 0 aromatic heterocycles. The Morgan fingerprint density at radius 2 is 0.909 bits per heavy atom. The molecule has 2 aromatic rings. The monoisotopic (exact) mass is 320 g/mol. The summed E-state index contributed by atoms with van der Waals surface area (Å²) in [6.07, 6.45) is 0.